The molecule has 1 atom stereocenters. The van der Waals surface area contributed by atoms with Gasteiger partial charge in [0.05, 0.1) is 37.4 Å². The molecule has 188 valence electrons. The van der Waals surface area contributed by atoms with Gasteiger partial charge in [-0.05, 0) is 42.0 Å². The second kappa shape index (κ2) is 11.4. The first-order chi connectivity index (χ1) is 16.8. The lowest BCUT2D eigenvalue weighted by molar-refractivity contribution is -0.904. The van der Waals surface area contributed by atoms with Gasteiger partial charge >= 0.3 is 0 Å². The highest BCUT2D eigenvalue weighted by Gasteiger charge is 2.44. The molecule has 0 spiro atoms. The number of nitrogens with zero attached hydrogens (tertiary/aromatic N) is 2. The molecule has 1 aromatic heterocycles. The van der Waals surface area contributed by atoms with Crippen molar-refractivity contribution in [2.45, 2.75) is 50.9 Å². The highest BCUT2D eigenvalue weighted by molar-refractivity contribution is 6.42. The van der Waals surface area contributed by atoms with Crippen LogP contribution in [0, 0.1) is 5.92 Å². The Morgan fingerprint density at radius 3 is 2.49 bits per heavy atom. The average molecular weight is 519 g/mol. The highest BCUT2D eigenvalue weighted by Crippen LogP contribution is 2.44. The molecule has 1 saturated carbocycles. The van der Waals surface area contributed by atoms with Crippen LogP contribution in [0.1, 0.15) is 54.7 Å². The van der Waals surface area contributed by atoms with Gasteiger partial charge in [0, 0.05) is 6.07 Å². The van der Waals surface area contributed by atoms with Crippen molar-refractivity contribution in [1.82, 2.24) is 5.16 Å². The molecule has 3 aromatic rings. The topological polar surface area (TPSA) is 55.5 Å². The van der Waals surface area contributed by atoms with Gasteiger partial charge in [-0.3, -0.25) is 0 Å². The fraction of sp³-hybridized carbons (Fsp3) is 0.464. The van der Waals surface area contributed by atoms with Gasteiger partial charge in [0.2, 0.25) is 0 Å². The van der Waals surface area contributed by atoms with E-state index in [4.69, 9.17) is 32.5 Å². The Morgan fingerprint density at radius 2 is 1.77 bits per heavy atom. The minimum atomic E-state index is -1.16. The Labute approximate surface area is 218 Å². The van der Waals surface area contributed by atoms with Crippen LogP contribution in [0.4, 0.5) is 0 Å². The fourth-order valence-electron chi connectivity index (χ4n) is 5.01. The van der Waals surface area contributed by atoms with E-state index in [0.29, 0.717) is 40.0 Å². The van der Waals surface area contributed by atoms with Crippen LogP contribution in [0.3, 0.4) is 0 Å². The largest absolute Gasteiger partial charge is 0.377 e. The van der Waals surface area contributed by atoms with Crippen LogP contribution in [-0.2, 0) is 23.5 Å². The van der Waals surface area contributed by atoms with Gasteiger partial charge < -0.3 is 18.8 Å². The third kappa shape index (κ3) is 6.46. The number of rotatable bonds is 10. The lowest BCUT2D eigenvalue weighted by atomic mass is 9.72. The molecule has 7 heteroatoms. The molecule has 1 aliphatic carbocycles. The van der Waals surface area contributed by atoms with Gasteiger partial charge in [-0.1, -0.05) is 84.0 Å². The van der Waals surface area contributed by atoms with Crippen molar-refractivity contribution in [2.24, 2.45) is 5.92 Å². The van der Waals surface area contributed by atoms with Crippen LogP contribution in [0.25, 0.3) is 0 Å². The first-order valence-corrected chi connectivity index (χ1v) is 13.1. The summed E-state index contributed by atoms with van der Waals surface area (Å²) in [5.74, 6) is 0.665. The maximum atomic E-state index is 12.0. The Hall–Kier alpha value is -1.89. The predicted molar refractivity (Wildman–Crippen MR) is 139 cm³/mol. The summed E-state index contributed by atoms with van der Waals surface area (Å²) in [4.78, 5) is 0. The van der Waals surface area contributed by atoms with Gasteiger partial charge in [0.15, 0.2) is 11.4 Å². The predicted octanol–water partition coefficient (Wildman–Crippen LogP) is 6.59. The summed E-state index contributed by atoms with van der Waals surface area (Å²) in [7, 11) is 4.28. The number of aliphatic hydroxyl groups is 1. The van der Waals surface area contributed by atoms with Crippen molar-refractivity contribution in [2.75, 3.05) is 27.2 Å². The van der Waals surface area contributed by atoms with E-state index in [1.165, 1.54) is 6.42 Å². The molecule has 4 rings (SSSR count). The molecule has 0 amide bonds. The van der Waals surface area contributed by atoms with E-state index in [1.807, 2.05) is 48.5 Å². The molecule has 0 radical (unpaired) electrons. The standard InChI is InChI=1S/C28H35Cl2N2O3/c1-32(2,15-16-34-20-21-13-14-25(29)26(30)17-21)19-24-18-27(35-31-24)28(33,22-9-5-3-6-10-22)23-11-7-4-8-12-23/h3,5-6,9-10,13-14,17-18,23,33H,4,7-8,11-12,15-16,19-20H2,1-2H3/q+1. The van der Waals surface area contributed by atoms with Crippen LogP contribution in [-0.4, -0.2) is 42.0 Å². The van der Waals surface area contributed by atoms with Gasteiger partial charge in [0.1, 0.15) is 18.8 Å². The van der Waals surface area contributed by atoms with Crippen LogP contribution in [0.5, 0.6) is 0 Å². The van der Waals surface area contributed by atoms with Gasteiger partial charge in [0.25, 0.3) is 0 Å². The molecule has 1 aliphatic rings. The molecule has 1 fully saturated rings. The van der Waals surface area contributed by atoms with Crippen LogP contribution in [0.2, 0.25) is 10.0 Å². The third-order valence-electron chi connectivity index (χ3n) is 7.03. The normalized spacial score (nSPS) is 16.8. The van der Waals surface area contributed by atoms with E-state index in [2.05, 4.69) is 19.3 Å². The Balaban J connectivity index is 1.40. The number of hydrogen-bond acceptors (Lipinski definition) is 4. The maximum absolute atomic E-state index is 12.0. The molecule has 35 heavy (non-hydrogen) atoms. The molecule has 0 saturated heterocycles. The number of ether oxygens (including phenoxy) is 1. The molecular weight excluding hydrogens is 483 g/mol. The smallest absolute Gasteiger partial charge is 0.173 e. The fourth-order valence-corrected chi connectivity index (χ4v) is 5.33. The number of hydrogen-bond donors (Lipinski definition) is 1. The molecule has 1 N–H and O–H groups in total. The molecule has 0 bridgehead atoms. The molecule has 1 heterocycles. The van der Waals surface area contributed by atoms with E-state index in [9.17, 15) is 5.11 Å². The second-order valence-corrected chi connectivity index (χ2v) is 11.1. The van der Waals surface area contributed by atoms with Crippen LogP contribution in [0.15, 0.2) is 59.1 Å². The van der Waals surface area contributed by atoms with Crippen molar-refractivity contribution in [1.29, 1.82) is 0 Å². The number of likely N-dealkylation sites (N-methyl/N-ethyl adjacent to an activating group) is 1. The lowest BCUT2D eigenvalue weighted by Gasteiger charge is -2.37. The molecule has 1 unspecified atom stereocenters. The summed E-state index contributed by atoms with van der Waals surface area (Å²) in [5, 5.41) is 17.5. The monoisotopic (exact) mass is 517 g/mol. The summed E-state index contributed by atoms with van der Waals surface area (Å²) >= 11 is 12.1. The van der Waals surface area contributed by atoms with Crippen molar-refractivity contribution < 1.29 is 18.8 Å². The van der Waals surface area contributed by atoms with E-state index in [1.54, 1.807) is 6.07 Å². The van der Waals surface area contributed by atoms with E-state index < -0.39 is 5.60 Å². The zero-order chi connectivity index (χ0) is 24.9. The van der Waals surface area contributed by atoms with Crippen LogP contribution >= 0.6 is 23.2 Å². The summed E-state index contributed by atoms with van der Waals surface area (Å²) in [5.41, 5.74) is 1.54. The van der Waals surface area contributed by atoms with Crippen molar-refractivity contribution in [3.63, 3.8) is 0 Å². The molecular formula is C28H35Cl2N2O3+. The first kappa shape index (κ1) is 26.2. The van der Waals surface area contributed by atoms with E-state index in [0.717, 1.165) is 49.0 Å². The summed E-state index contributed by atoms with van der Waals surface area (Å²) in [6.45, 7) is 2.55. The lowest BCUT2D eigenvalue weighted by Crippen LogP contribution is -2.41. The zero-order valence-electron chi connectivity index (χ0n) is 20.6. The minimum Gasteiger partial charge on any atom is -0.377 e. The molecule has 5 nitrogen and oxygen atoms in total. The summed E-state index contributed by atoms with van der Waals surface area (Å²) < 4.78 is 12.4. The second-order valence-electron chi connectivity index (χ2n) is 10.3. The minimum absolute atomic E-state index is 0.122. The highest BCUT2D eigenvalue weighted by atomic mass is 35.5. The van der Waals surface area contributed by atoms with Gasteiger partial charge in [-0.15, -0.1) is 0 Å². The Kier molecular flexibility index (Phi) is 8.56. The first-order valence-electron chi connectivity index (χ1n) is 12.4. The van der Waals surface area contributed by atoms with E-state index in [-0.39, 0.29) is 5.92 Å². The Bertz CT molecular complexity index is 1100. The van der Waals surface area contributed by atoms with Crippen molar-refractivity contribution >= 4 is 23.2 Å². The van der Waals surface area contributed by atoms with Gasteiger partial charge in [-0.2, -0.15) is 0 Å². The average Bonchev–Trinajstić information content (AvgIpc) is 3.33. The zero-order valence-corrected chi connectivity index (χ0v) is 22.1. The summed E-state index contributed by atoms with van der Waals surface area (Å²) in [6.07, 6.45) is 5.46. The summed E-state index contributed by atoms with van der Waals surface area (Å²) in [6, 6.07) is 17.4. The number of halogens is 2. The van der Waals surface area contributed by atoms with Gasteiger partial charge in [-0.25, -0.2) is 0 Å². The van der Waals surface area contributed by atoms with Crippen molar-refractivity contribution in [3.8, 4) is 0 Å². The van der Waals surface area contributed by atoms with Crippen molar-refractivity contribution in [3.05, 3.63) is 87.2 Å². The van der Waals surface area contributed by atoms with Crippen LogP contribution < -0.4 is 0 Å². The quantitative estimate of drug-likeness (QED) is 0.243. The third-order valence-corrected chi connectivity index (χ3v) is 7.77. The number of aromatic nitrogens is 1. The maximum Gasteiger partial charge on any atom is 0.173 e. The Morgan fingerprint density at radius 1 is 1.03 bits per heavy atom. The molecule has 2 aromatic carbocycles. The number of quaternary nitrogens is 1. The van der Waals surface area contributed by atoms with E-state index >= 15 is 0 Å². The number of benzene rings is 2. The molecule has 0 aliphatic heterocycles. The SMILES string of the molecule is C[N+](C)(CCOCc1ccc(Cl)c(Cl)c1)Cc1cc(C(O)(c2ccccc2)C2CCCCC2)on1.